The van der Waals surface area contributed by atoms with Gasteiger partial charge in [0.2, 0.25) is 11.9 Å². The number of fused-ring (bicyclic) bond motifs is 1. The van der Waals surface area contributed by atoms with E-state index in [0.29, 0.717) is 0 Å². The smallest absolute Gasteiger partial charge is 0.280 e. The number of carbonyl (C=O) groups is 1. The summed E-state index contributed by atoms with van der Waals surface area (Å²) >= 11 is 0. The molecule has 1 fully saturated rings. The standard InChI is InChI=1S/C16H22FN5O3/c1-5-9-8(4)10(17)15(25-9)22-6-18-11-12(22)19-16(21-14(11)24)20-13(23)7(2)3/h6-10,15H,5H2,1-4H3,(H2,19,20,21,23,24)/t8-,9-,10-,15-/m1/s1/i5D2. The summed E-state index contributed by atoms with van der Waals surface area (Å²) in [6.45, 7) is 6.29. The van der Waals surface area contributed by atoms with E-state index in [1.54, 1.807) is 20.8 Å². The van der Waals surface area contributed by atoms with E-state index in [-0.39, 0.29) is 28.9 Å². The maximum atomic E-state index is 14.8. The van der Waals surface area contributed by atoms with Gasteiger partial charge in [0.1, 0.15) is 0 Å². The lowest BCUT2D eigenvalue weighted by atomic mass is 10.00. The Morgan fingerprint density at radius 3 is 2.92 bits per heavy atom. The van der Waals surface area contributed by atoms with E-state index in [4.69, 9.17) is 7.48 Å². The van der Waals surface area contributed by atoms with E-state index in [2.05, 4.69) is 20.3 Å². The quantitative estimate of drug-likeness (QED) is 0.875. The van der Waals surface area contributed by atoms with Crippen LogP contribution in [0, 0.1) is 11.8 Å². The van der Waals surface area contributed by atoms with E-state index >= 15 is 0 Å². The summed E-state index contributed by atoms with van der Waals surface area (Å²) in [7, 11) is 0. The highest BCUT2D eigenvalue weighted by Gasteiger charge is 2.43. The number of nitrogens with one attached hydrogen (secondary N) is 2. The van der Waals surface area contributed by atoms with Crippen LogP contribution in [0.25, 0.3) is 11.2 Å². The molecule has 25 heavy (non-hydrogen) atoms. The van der Waals surface area contributed by atoms with Gasteiger partial charge in [-0.3, -0.25) is 24.5 Å². The zero-order valence-electron chi connectivity index (χ0n) is 16.4. The summed E-state index contributed by atoms with van der Waals surface area (Å²) in [6, 6.07) is 0. The number of aromatic amines is 1. The number of rotatable bonds is 4. The molecule has 3 heterocycles. The van der Waals surface area contributed by atoms with E-state index in [0.717, 1.165) is 0 Å². The molecule has 0 unspecified atom stereocenters. The number of alkyl halides is 1. The van der Waals surface area contributed by atoms with E-state index in [9.17, 15) is 14.0 Å². The number of ether oxygens (including phenoxy) is 1. The van der Waals surface area contributed by atoms with Gasteiger partial charge in [-0.05, 0) is 6.37 Å². The molecule has 1 saturated heterocycles. The fourth-order valence-corrected chi connectivity index (χ4v) is 2.76. The van der Waals surface area contributed by atoms with Crippen LogP contribution in [-0.2, 0) is 9.53 Å². The summed E-state index contributed by atoms with van der Waals surface area (Å²) in [5, 5.41) is 2.49. The number of nitrogens with zero attached hydrogens (tertiary/aromatic N) is 3. The lowest BCUT2D eigenvalue weighted by Crippen LogP contribution is -2.23. The summed E-state index contributed by atoms with van der Waals surface area (Å²) in [5.74, 6) is -1.43. The van der Waals surface area contributed by atoms with E-state index in [1.165, 1.54) is 17.8 Å². The number of halogens is 1. The van der Waals surface area contributed by atoms with Crippen molar-refractivity contribution < 1.29 is 16.7 Å². The number of amides is 1. The Hall–Kier alpha value is -2.29. The highest BCUT2D eigenvalue weighted by molar-refractivity contribution is 5.91. The van der Waals surface area contributed by atoms with Gasteiger partial charge in [0, 0.05) is 14.6 Å². The van der Waals surface area contributed by atoms with Crippen LogP contribution in [0.15, 0.2) is 11.1 Å². The van der Waals surface area contributed by atoms with E-state index < -0.39 is 36.4 Å². The molecule has 4 atom stereocenters. The largest absolute Gasteiger partial charge is 0.351 e. The Balaban J connectivity index is 2.02. The first-order valence-electron chi connectivity index (χ1n) is 9.08. The summed E-state index contributed by atoms with van der Waals surface area (Å²) < 4.78 is 37.4. The molecule has 2 aromatic heterocycles. The van der Waals surface area contributed by atoms with Gasteiger partial charge in [-0.25, -0.2) is 9.37 Å². The Labute approximate surface area is 146 Å². The van der Waals surface area contributed by atoms with Gasteiger partial charge in [0.25, 0.3) is 5.56 Å². The molecule has 0 aromatic carbocycles. The molecule has 2 N–H and O–H groups in total. The lowest BCUT2D eigenvalue weighted by Gasteiger charge is -2.15. The summed E-state index contributed by atoms with van der Waals surface area (Å²) in [6.07, 6.45) is -4.16. The van der Waals surface area contributed by atoms with Crippen LogP contribution in [0.1, 0.15) is 43.0 Å². The van der Waals surface area contributed by atoms with Crippen molar-refractivity contribution in [1.29, 1.82) is 0 Å². The number of imidazole rings is 1. The third-order valence-corrected chi connectivity index (χ3v) is 4.30. The number of aromatic nitrogens is 4. The van der Waals surface area contributed by atoms with E-state index in [1.807, 2.05) is 0 Å². The van der Waals surface area contributed by atoms with Crippen molar-refractivity contribution in [1.82, 2.24) is 19.5 Å². The van der Waals surface area contributed by atoms with Gasteiger partial charge < -0.3 is 4.74 Å². The van der Waals surface area contributed by atoms with Crippen LogP contribution in [0.2, 0.25) is 0 Å². The number of hydrogen-bond donors (Lipinski definition) is 2. The van der Waals surface area contributed by atoms with Crippen LogP contribution in [0.4, 0.5) is 10.3 Å². The highest BCUT2D eigenvalue weighted by atomic mass is 19.1. The van der Waals surface area contributed by atoms with Gasteiger partial charge >= 0.3 is 0 Å². The van der Waals surface area contributed by atoms with Gasteiger partial charge in [-0.15, -0.1) is 0 Å². The fourth-order valence-electron chi connectivity index (χ4n) is 2.76. The SMILES string of the molecule is [2H]C([2H])(C)[C@H]1O[C@@H](n2cnc3c(=O)[nH]c(NC(=O)C(C)C)nc32)[C@H](F)[C@@H]1C. The average molecular weight is 353 g/mol. The molecular formula is C16H22FN5O3. The fraction of sp³-hybridized carbons (Fsp3) is 0.625. The summed E-state index contributed by atoms with van der Waals surface area (Å²) in [4.78, 5) is 34.7. The molecule has 0 spiro atoms. The minimum Gasteiger partial charge on any atom is -0.351 e. The molecule has 3 rings (SSSR count). The molecule has 0 aliphatic carbocycles. The van der Waals surface area contributed by atoms with Gasteiger partial charge in [0.15, 0.2) is 23.6 Å². The molecule has 8 nitrogen and oxygen atoms in total. The van der Waals surface area contributed by atoms with Crippen LogP contribution in [0.3, 0.4) is 0 Å². The molecular weight excluding hydrogens is 329 g/mol. The second-order valence-corrected chi connectivity index (χ2v) is 6.42. The number of anilines is 1. The molecule has 1 amide bonds. The first-order chi connectivity index (χ1) is 12.5. The minimum atomic E-state index is -1.74. The number of hydrogen-bond acceptors (Lipinski definition) is 5. The minimum absolute atomic E-state index is 0.0241. The van der Waals surface area contributed by atoms with Crippen molar-refractivity contribution in [2.45, 2.75) is 52.6 Å². The summed E-state index contributed by atoms with van der Waals surface area (Å²) in [5.41, 5.74) is -0.555. The first-order valence-corrected chi connectivity index (χ1v) is 8.08. The van der Waals surface area contributed by atoms with Crippen LogP contribution < -0.4 is 10.9 Å². The van der Waals surface area contributed by atoms with Crippen molar-refractivity contribution in [3.63, 3.8) is 0 Å². The Morgan fingerprint density at radius 2 is 2.32 bits per heavy atom. The maximum Gasteiger partial charge on any atom is 0.280 e. The second-order valence-electron chi connectivity index (χ2n) is 6.42. The monoisotopic (exact) mass is 353 g/mol. The number of carbonyl (C=O) groups excluding carboxylic acids is 1. The zero-order valence-corrected chi connectivity index (χ0v) is 14.4. The molecule has 0 bridgehead atoms. The van der Waals surface area contributed by atoms with Gasteiger partial charge in [-0.1, -0.05) is 27.7 Å². The van der Waals surface area contributed by atoms with Gasteiger partial charge in [-0.2, -0.15) is 4.98 Å². The van der Waals surface area contributed by atoms with Crippen molar-refractivity contribution in [3.8, 4) is 0 Å². The third kappa shape index (κ3) is 3.04. The molecule has 136 valence electrons. The van der Waals surface area contributed by atoms with Crippen molar-refractivity contribution in [2.75, 3.05) is 5.32 Å². The topological polar surface area (TPSA) is 102 Å². The normalized spacial score (nSPS) is 28.2. The predicted molar refractivity (Wildman–Crippen MR) is 89.9 cm³/mol. The predicted octanol–water partition coefficient (Wildman–Crippen LogP) is 2.00. The highest BCUT2D eigenvalue weighted by Crippen LogP contribution is 2.38. The Bertz CT molecular complexity index is 923. The lowest BCUT2D eigenvalue weighted by molar-refractivity contribution is -0.118. The molecule has 2 aromatic rings. The molecule has 9 heteroatoms. The molecule has 1 aliphatic heterocycles. The molecule has 1 aliphatic rings. The average Bonchev–Trinajstić information content (AvgIpc) is 3.09. The second kappa shape index (κ2) is 6.55. The van der Waals surface area contributed by atoms with Crippen LogP contribution in [0.5, 0.6) is 0 Å². The van der Waals surface area contributed by atoms with Crippen molar-refractivity contribution in [3.05, 3.63) is 16.7 Å². The molecule has 0 saturated carbocycles. The number of H-pyrrole nitrogens is 1. The van der Waals surface area contributed by atoms with Crippen molar-refractivity contribution in [2.24, 2.45) is 11.8 Å². The third-order valence-electron chi connectivity index (χ3n) is 4.30. The van der Waals surface area contributed by atoms with Crippen molar-refractivity contribution >= 4 is 23.0 Å². The van der Waals surface area contributed by atoms with Gasteiger partial charge in [0.05, 0.1) is 12.4 Å². The maximum absolute atomic E-state index is 14.8. The van der Waals surface area contributed by atoms with Crippen LogP contribution >= 0.6 is 0 Å². The first kappa shape index (κ1) is 15.0. The Morgan fingerprint density at radius 1 is 1.60 bits per heavy atom. The van der Waals surface area contributed by atoms with Crippen LogP contribution in [-0.4, -0.2) is 37.7 Å². The molecule has 0 radical (unpaired) electrons. The zero-order chi connectivity index (χ0) is 20.1. The Kier molecular flexibility index (Phi) is 3.93.